The maximum atomic E-state index is 11.6. The van der Waals surface area contributed by atoms with Crippen LogP contribution < -0.4 is 0 Å². The van der Waals surface area contributed by atoms with Crippen LogP contribution in [-0.2, 0) is 11.2 Å². The average Bonchev–Trinajstić information content (AvgIpc) is 2.72. The van der Waals surface area contributed by atoms with Gasteiger partial charge in [-0.05, 0) is 44.6 Å². The van der Waals surface area contributed by atoms with Crippen LogP contribution in [0.15, 0.2) is 12.3 Å². The number of ketones is 1. The zero-order valence-electron chi connectivity index (χ0n) is 11.6. The van der Waals surface area contributed by atoms with E-state index in [-0.39, 0.29) is 0 Å². The van der Waals surface area contributed by atoms with Crippen LogP contribution >= 0.6 is 0 Å². The second-order valence-corrected chi connectivity index (χ2v) is 5.60. The molecule has 0 bridgehead atoms. The molecule has 0 amide bonds. The molecule has 2 atom stereocenters. The zero-order chi connectivity index (χ0) is 13.0. The first kappa shape index (κ1) is 13.3. The number of nitrogens with zero attached hydrogens (tertiary/aromatic N) is 2. The van der Waals surface area contributed by atoms with Gasteiger partial charge in [-0.2, -0.15) is 5.10 Å². The lowest BCUT2D eigenvalue weighted by atomic mass is 9.95. The molecule has 0 radical (unpaired) electrons. The SMILES string of the molecule is CCC(C)n1ccc(CC2CCCCC(=O)C2)n1. The summed E-state index contributed by atoms with van der Waals surface area (Å²) in [7, 11) is 0. The summed E-state index contributed by atoms with van der Waals surface area (Å²) in [6, 6.07) is 2.58. The molecule has 0 saturated heterocycles. The van der Waals surface area contributed by atoms with Gasteiger partial charge in [0.1, 0.15) is 5.78 Å². The molecular weight excluding hydrogens is 224 g/mol. The number of carbonyl (C=O) groups is 1. The molecule has 100 valence electrons. The molecule has 2 unspecified atom stereocenters. The summed E-state index contributed by atoms with van der Waals surface area (Å²) in [6.07, 6.45) is 9.15. The first-order valence-corrected chi connectivity index (χ1v) is 7.24. The van der Waals surface area contributed by atoms with Gasteiger partial charge in [-0.3, -0.25) is 9.48 Å². The number of hydrogen-bond donors (Lipinski definition) is 0. The van der Waals surface area contributed by atoms with Crippen molar-refractivity contribution < 1.29 is 4.79 Å². The van der Waals surface area contributed by atoms with Gasteiger partial charge in [-0.1, -0.05) is 13.3 Å². The quantitative estimate of drug-likeness (QED) is 0.764. The molecule has 1 aliphatic carbocycles. The van der Waals surface area contributed by atoms with Crippen LogP contribution in [0.4, 0.5) is 0 Å². The fraction of sp³-hybridized carbons (Fsp3) is 0.733. The molecule has 0 N–H and O–H groups in total. The fourth-order valence-electron chi connectivity index (χ4n) is 2.67. The molecule has 0 spiro atoms. The largest absolute Gasteiger partial charge is 0.300 e. The Morgan fingerprint density at radius 3 is 3.11 bits per heavy atom. The highest BCUT2D eigenvalue weighted by atomic mass is 16.1. The number of aromatic nitrogens is 2. The topological polar surface area (TPSA) is 34.9 Å². The summed E-state index contributed by atoms with van der Waals surface area (Å²) in [5.41, 5.74) is 1.15. The van der Waals surface area contributed by atoms with Crippen molar-refractivity contribution in [3.63, 3.8) is 0 Å². The predicted octanol–water partition coefficient (Wildman–Crippen LogP) is 3.55. The van der Waals surface area contributed by atoms with Crippen LogP contribution in [0.2, 0.25) is 0 Å². The van der Waals surface area contributed by atoms with Gasteiger partial charge in [0.2, 0.25) is 0 Å². The Bertz CT molecular complexity index is 397. The molecule has 3 nitrogen and oxygen atoms in total. The van der Waals surface area contributed by atoms with E-state index in [1.807, 2.05) is 4.68 Å². The third-order valence-corrected chi connectivity index (χ3v) is 4.04. The summed E-state index contributed by atoms with van der Waals surface area (Å²) in [4.78, 5) is 11.6. The van der Waals surface area contributed by atoms with Gasteiger partial charge in [0.25, 0.3) is 0 Å². The Kier molecular flexibility index (Phi) is 4.56. The molecule has 18 heavy (non-hydrogen) atoms. The average molecular weight is 248 g/mol. The monoisotopic (exact) mass is 248 g/mol. The van der Waals surface area contributed by atoms with Crippen LogP contribution in [0.1, 0.15) is 64.1 Å². The Labute approximate surface area is 110 Å². The number of hydrogen-bond acceptors (Lipinski definition) is 2. The Balaban J connectivity index is 1.95. The Hall–Kier alpha value is -1.12. The van der Waals surface area contributed by atoms with Gasteiger partial charge in [0.15, 0.2) is 0 Å². The molecule has 0 aromatic carbocycles. The van der Waals surface area contributed by atoms with Crippen LogP contribution in [0.5, 0.6) is 0 Å². The molecule has 1 aromatic heterocycles. The van der Waals surface area contributed by atoms with E-state index in [1.165, 1.54) is 12.8 Å². The van der Waals surface area contributed by atoms with Crippen LogP contribution in [-0.4, -0.2) is 15.6 Å². The van der Waals surface area contributed by atoms with E-state index in [1.54, 1.807) is 0 Å². The lowest BCUT2D eigenvalue weighted by Gasteiger charge is -2.12. The van der Waals surface area contributed by atoms with Crippen LogP contribution in [0.3, 0.4) is 0 Å². The standard InChI is InChI=1S/C15H24N2O/c1-3-12(2)17-9-8-14(16-17)10-13-6-4-5-7-15(18)11-13/h8-9,12-13H,3-7,10-11H2,1-2H3. The van der Waals surface area contributed by atoms with Gasteiger partial charge in [-0.25, -0.2) is 0 Å². The first-order valence-electron chi connectivity index (χ1n) is 7.24. The minimum Gasteiger partial charge on any atom is -0.300 e. The van der Waals surface area contributed by atoms with Crippen molar-refractivity contribution in [2.75, 3.05) is 0 Å². The predicted molar refractivity (Wildman–Crippen MR) is 72.5 cm³/mol. The van der Waals surface area contributed by atoms with Crippen LogP contribution in [0, 0.1) is 5.92 Å². The Morgan fingerprint density at radius 1 is 1.50 bits per heavy atom. The lowest BCUT2D eigenvalue weighted by molar-refractivity contribution is -0.119. The van der Waals surface area contributed by atoms with E-state index < -0.39 is 0 Å². The molecule has 2 rings (SSSR count). The smallest absolute Gasteiger partial charge is 0.133 e. The summed E-state index contributed by atoms with van der Waals surface area (Å²) in [5, 5.41) is 4.64. The van der Waals surface area contributed by atoms with Crippen molar-refractivity contribution in [1.29, 1.82) is 0 Å². The summed E-state index contributed by atoms with van der Waals surface area (Å²) in [6.45, 7) is 4.36. The third-order valence-electron chi connectivity index (χ3n) is 4.04. The molecule has 1 saturated carbocycles. The zero-order valence-corrected chi connectivity index (χ0v) is 11.6. The first-order chi connectivity index (χ1) is 8.69. The van der Waals surface area contributed by atoms with Crippen molar-refractivity contribution in [3.8, 4) is 0 Å². The lowest BCUT2D eigenvalue weighted by Crippen LogP contribution is -2.10. The van der Waals surface area contributed by atoms with Gasteiger partial charge in [0, 0.05) is 25.1 Å². The van der Waals surface area contributed by atoms with Gasteiger partial charge in [-0.15, -0.1) is 0 Å². The Morgan fingerprint density at radius 2 is 2.33 bits per heavy atom. The van der Waals surface area contributed by atoms with E-state index in [2.05, 4.69) is 31.2 Å². The molecule has 1 aromatic rings. The molecular formula is C15H24N2O. The maximum absolute atomic E-state index is 11.6. The van der Waals surface area contributed by atoms with E-state index in [0.717, 1.165) is 37.8 Å². The highest BCUT2D eigenvalue weighted by Crippen LogP contribution is 2.24. The number of Topliss-reactive ketones (excluding diaryl/α,β-unsaturated/α-hetero) is 1. The van der Waals surface area contributed by atoms with Crippen molar-refractivity contribution in [2.24, 2.45) is 5.92 Å². The molecule has 0 aliphatic heterocycles. The summed E-state index contributed by atoms with van der Waals surface area (Å²) in [5.74, 6) is 0.958. The van der Waals surface area contributed by atoms with E-state index in [4.69, 9.17) is 0 Å². The van der Waals surface area contributed by atoms with Crippen molar-refractivity contribution >= 4 is 5.78 Å². The molecule has 3 heteroatoms. The molecule has 1 aliphatic rings. The van der Waals surface area contributed by atoms with Gasteiger partial charge >= 0.3 is 0 Å². The molecule has 1 heterocycles. The maximum Gasteiger partial charge on any atom is 0.133 e. The van der Waals surface area contributed by atoms with E-state index in [0.29, 0.717) is 17.7 Å². The third kappa shape index (κ3) is 3.44. The normalized spacial score (nSPS) is 22.8. The van der Waals surface area contributed by atoms with E-state index in [9.17, 15) is 4.79 Å². The second-order valence-electron chi connectivity index (χ2n) is 5.60. The molecule has 1 fully saturated rings. The second kappa shape index (κ2) is 6.17. The van der Waals surface area contributed by atoms with E-state index >= 15 is 0 Å². The van der Waals surface area contributed by atoms with Gasteiger partial charge < -0.3 is 0 Å². The number of rotatable bonds is 4. The van der Waals surface area contributed by atoms with Crippen molar-refractivity contribution in [3.05, 3.63) is 18.0 Å². The highest BCUT2D eigenvalue weighted by molar-refractivity contribution is 5.78. The summed E-state index contributed by atoms with van der Waals surface area (Å²) >= 11 is 0. The van der Waals surface area contributed by atoms with Crippen molar-refractivity contribution in [2.45, 2.75) is 64.8 Å². The fourth-order valence-corrected chi connectivity index (χ4v) is 2.67. The number of carbonyl (C=O) groups excluding carboxylic acids is 1. The minimum atomic E-state index is 0.443. The van der Waals surface area contributed by atoms with Crippen molar-refractivity contribution in [1.82, 2.24) is 9.78 Å². The minimum absolute atomic E-state index is 0.443. The highest BCUT2D eigenvalue weighted by Gasteiger charge is 2.19. The summed E-state index contributed by atoms with van der Waals surface area (Å²) < 4.78 is 2.05. The van der Waals surface area contributed by atoms with Crippen LogP contribution in [0.25, 0.3) is 0 Å². The van der Waals surface area contributed by atoms with Gasteiger partial charge in [0.05, 0.1) is 5.69 Å².